The molecule has 1 atom stereocenters. The fourth-order valence-corrected chi connectivity index (χ4v) is 1.77. The Hall–Kier alpha value is -0.480. The highest BCUT2D eigenvalue weighted by Gasteiger charge is 2.12. The number of rotatable bonds is 7. The van der Waals surface area contributed by atoms with E-state index in [9.17, 15) is 4.79 Å². The monoisotopic (exact) mass is 231 g/mol. The molecule has 3 nitrogen and oxygen atoms in total. The lowest BCUT2D eigenvalue weighted by atomic mass is 10.3. The van der Waals surface area contributed by atoms with Crippen LogP contribution in [0.4, 0.5) is 0 Å². The van der Waals surface area contributed by atoms with Crippen molar-refractivity contribution in [1.82, 2.24) is 4.90 Å². The Morgan fingerprint density at radius 3 is 2.60 bits per heavy atom. The van der Waals surface area contributed by atoms with Crippen LogP contribution in [0.2, 0.25) is 0 Å². The summed E-state index contributed by atoms with van der Waals surface area (Å²) in [5, 5.41) is 8.95. The average Bonchev–Trinajstić information content (AvgIpc) is 2.21. The molecule has 0 radical (unpaired) electrons. The van der Waals surface area contributed by atoms with Crippen LogP contribution < -0.4 is 0 Å². The van der Waals surface area contributed by atoms with Gasteiger partial charge in [0.2, 0.25) is 5.91 Å². The quantitative estimate of drug-likeness (QED) is 0.675. The van der Waals surface area contributed by atoms with Gasteiger partial charge in [-0.3, -0.25) is 4.79 Å². The van der Waals surface area contributed by atoms with Gasteiger partial charge >= 0.3 is 0 Å². The molecule has 15 heavy (non-hydrogen) atoms. The zero-order chi connectivity index (χ0) is 11.8. The normalized spacial score (nSPS) is 12.3. The Kier molecular flexibility index (Phi) is 7.52. The molecule has 1 N–H and O–H groups in total. The molecule has 1 unspecified atom stereocenters. The molecule has 0 aromatic heterocycles. The summed E-state index contributed by atoms with van der Waals surface area (Å²) in [7, 11) is 0. The van der Waals surface area contributed by atoms with Crippen molar-refractivity contribution in [3.05, 3.63) is 12.2 Å². The number of aliphatic hydroxyl groups excluding tert-OH is 1. The molecule has 0 spiro atoms. The number of likely N-dealkylation sites (N-methyl/N-ethyl adjacent to an activating group) is 1. The van der Waals surface area contributed by atoms with Crippen molar-refractivity contribution < 1.29 is 9.90 Å². The molecule has 0 aromatic carbocycles. The second kappa shape index (κ2) is 7.77. The van der Waals surface area contributed by atoms with Crippen LogP contribution in [0, 0.1) is 0 Å². The van der Waals surface area contributed by atoms with Gasteiger partial charge < -0.3 is 10.0 Å². The van der Waals surface area contributed by atoms with Crippen LogP contribution in [0.1, 0.15) is 20.8 Å². The molecule has 0 rings (SSSR count). The number of thioether (sulfide) groups is 1. The van der Waals surface area contributed by atoms with Gasteiger partial charge in [0, 0.05) is 18.3 Å². The minimum absolute atomic E-state index is 0.116. The molecule has 0 saturated carbocycles. The zero-order valence-electron chi connectivity index (χ0n) is 9.82. The predicted octanol–water partition coefficient (Wildman–Crippen LogP) is 1.52. The number of hydrogen-bond acceptors (Lipinski definition) is 3. The van der Waals surface area contributed by atoms with Crippen molar-refractivity contribution in [3.8, 4) is 0 Å². The molecular weight excluding hydrogens is 210 g/mol. The maximum Gasteiger partial charge on any atom is 0.232 e. The lowest BCUT2D eigenvalue weighted by Crippen LogP contribution is -2.34. The predicted molar refractivity (Wildman–Crippen MR) is 66.1 cm³/mol. The summed E-state index contributed by atoms with van der Waals surface area (Å²) in [5.41, 5.74) is 0.991. The Morgan fingerprint density at radius 2 is 2.20 bits per heavy atom. The van der Waals surface area contributed by atoms with Crippen LogP contribution in [0.5, 0.6) is 0 Å². The lowest BCUT2D eigenvalue weighted by Gasteiger charge is -2.21. The highest BCUT2D eigenvalue weighted by molar-refractivity contribution is 8.00. The average molecular weight is 231 g/mol. The minimum Gasteiger partial charge on any atom is -0.395 e. The third kappa shape index (κ3) is 6.57. The van der Waals surface area contributed by atoms with E-state index in [-0.39, 0.29) is 17.8 Å². The second-order valence-corrected chi connectivity index (χ2v) is 5.10. The van der Waals surface area contributed by atoms with E-state index in [0.29, 0.717) is 18.8 Å². The van der Waals surface area contributed by atoms with Crippen LogP contribution in [0.15, 0.2) is 12.2 Å². The summed E-state index contributed by atoms with van der Waals surface area (Å²) >= 11 is 1.48. The molecular formula is C11H21NO2S. The maximum atomic E-state index is 11.7. The molecule has 0 aliphatic heterocycles. The van der Waals surface area contributed by atoms with E-state index in [1.54, 1.807) is 4.90 Å². The number of carbonyl (C=O) groups is 1. The highest BCUT2D eigenvalue weighted by Crippen LogP contribution is 2.10. The van der Waals surface area contributed by atoms with E-state index >= 15 is 0 Å². The topological polar surface area (TPSA) is 40.5 Å². The van der Waals surface area contributed by atoms with Gasteiger partial charge in [0.1, 0.15) is 0 Å². The molecule has 0 aliphatic rings. The number of amides is 1. The first kappa shape index (κ1) is 14.5. The summed E-state index contributed by atoms with van der Waals surface area (Å²) in [6.45, 7) is 11.0. The van der Waals surface area contributed by atoms with Gasteiger partial charge in [-0.05, 0) is 13.8 Å². The summed E-state index contributed by atoms with van der Waals surface area (Å²) in [5.74, 6) is 0.550. The number of aliphatic hydroxyl groups is 1. The molecule has 0 bridgehead atoms. The van der Waals surface area contributed by atoms with Gasteiger partial charge in [-0.2, -0.15) is 0 Å². The van der Waals surface area contributed by atoms with Gasteiger partial charge in [0.25, 0.3) is 0 Å². The molecule has 1 amide bonds. The van der Waals surface area contributed by atoms with E-state index in [0.717, 1.165) is 5.57 Å². The van der Waals surface area contributed by atoms with E-state index in [1.807, 2.05) is 20.8 Å². The van der Waals surface area contributed by atoms with Crippen LogP contribution in [-0.2, 0) is 4.79 Å². The summed E-state index contributed by atoms with van der Waals surface area (Å²) in [6, 6.07) is 0. The van der Waals surface area contributed by atoms with E-state index in [1.165, 1.54) is 11.8 Å². The largest absolute Gasteiger partial charge is 0.395 e. The van der Waals surface area contributed by atoms with Crippen molar-refractivity contribution in [2.75, 3.05) is 25.4 Å². The van der Waals surface area contributed by atoms with Crippen LogP contribution in [0.25, 0.3) is 0 Å². The highest BCUT2D eigenvalue weighted by atomic mass is 32.2. The van der Waals surface area contributed by atoms with E-state index in [2.05, 4.69) is 6.58 Å². The standard InChI is InChI=1S/C11H21NO2S/c1-5-12(6-9(2)3)11(14)8-15-10(4)7-13/h10,13H,2,5-8H2,1,3-4H3. The maximum absolute atomic E-state index is 11.7. The van der Waals surface area contributed by atoms with Crippen LogP contribution >= 0.6 is 11.8 Å². The zero-order valence-corrected chi connectivity index (χ0v) is 10.6. The van der Waals surface area contributed by atoms with Gasteiger partial charge in [-0.25, -0.2) is 0 Å². The molecule has 88 valence electrons. The summed E-state index contributed by atoms with van der Waals surface area (Å²) < 4.78 is 0. The van der Waals surface area contributed by atoms with Gasteiger partial charge in [0.15, 0.2) is 0 Å². The first-order chi connectivity index (χ1) is 7.01. The third-order valence-corrected chi connectivity index (χ3v) is 3.08. The molecule has 0 heterocycles. The fraction of sp³-hybridized carbons (Fsp3) is 0.727. The Bertz CT molecular complexity index is 219. The van der Waals surface area contributed by atoms with Crippen molar-refractivity contribution in [2.24, 2.45) is 0 Å². The number of hydrogen-bond donors (Lipinski definition) is 1. The second-order valence-electron chi connectivity index (χ2n) is 3.67. The van der Waals surface area contributed by atoms with Crippen molar-refractivity contribution in [2.45, 2.75) is 26.0 Å². The minimum atomic E-state index is 0.116. The molecule has 0 aromatic rings. The Labute approximate surface area is 96.5 Å². The number of carbonyl (C=O) groups excluding carboxylic acids is 1. The SMILES string of the molecule is C=C(C)CN(CC)C(=O)CSC(C)CO. The Morgan fingerprint density at radius 1 is 1.60 bits per heavy atom. The number of nitrogens with zero attached hydrogens (tertiary/aromatic N) is 1. The Balaban J connectivity index is 3.99. The fourth-order valence-electron chi connectivity index (χ4n) is 1.06. The van der Waals surface area contributed by atoms with Gasteiger partial charge in [-0.15, -0.1) is 11.8 Å². The van der Waals surface area contributed by atoms with E-state index in [4.69, 9.17) is 5.11 Å². The first-order valence-corrected chi connectivity index (χ1v) is 6.20. The first-order valence-electron chi connectivity index (χ1n) is 5.15. The molecule has 0 saturated heterocycles. The lowest BCUT2D eigenvalue weighted by molar-refractivity contribution is -0.127. The van der Waals surface area contributed by atoms with Crippen LogP contribution in [-0.4, -0.2) is 46.6 Å². The summed E-state index contributed by atoms with van der Waals surface area (Å²) in [6.07, 6.45) is 0. The molecule has 0 fully saturated rings. The molecule has 4 heteroatoms. The van der Waals surface area contributed by atoms with Crippen LogP contribution in [0.3, 0.4) is 0 Å². The third-order valence-electron chi connectivity index (χ3n) is 1.94. The van der Waals surface area contributed by atoms with Gasteiger partial charge in [0.05, 0.1) is 12.4 Å². The van der Waals surface area contributed by atoms with Crippen molar-refractivity contribution >= 4 is 17.7 Å². The molecule has 0 aliphatic carbocycles. The van der Waals surface area contributed by atoms with Crippen molar-refractivity contribution in [3.63, 3.8) is 0 Å². The van der Waals surface area contributed by atoms with Crippen molar-refractivity contribution in [1.29, 1.82) is 0 Å². The van der Waals surface area contributed by atoms with Gasteiger partial charge in [-0.1, -0.05) is 19.1 Å². The smallest absolute Gasteiger partial charge is 0.232 e. The summed E-state index contributed by atoms with van der Waals surface area (Å²) in [4.78, 5) is 13.5. The van der Waals surface area contributed by atoms with E-state index < -0.39 is 0 Å².